The van der Waals surface area contributed by atoms with Gasteiger partial charge in [0.2, 0.25) is 0 Å². The van der Waals surface area contributed by atoms with E-state index in [1.807, 2.05) is 13.8 Å². The fourth-order valence-corrected chi connectivity index (χ4v) is 1.36. The van der Waals surface area contributed by atoms with Crippen molar-refractivity contribution in [3.8, 4) is 0 Å². The molecule has 0 rings (SSSR count). The minimum absolute atomic E-state index is 0.122. The molecule has 0 aromatic heterocycles. The highest BCUT2D eigenvalue weighted by molar-refractivity contribution is 6.43. The first kappa shape index (κ1) is 13.6. The number of carbonyl (C=O) groups is 1. The molecule has 82 valence electrons. The van der Waals surface area contributed by atoms with E-state index in [1.54, 1.807) is 6.92 Å². The van der Waals surface area contributed by atoms with Crippen molar-refractivity contribution in [1.29, 1.82) is 0 Å². The van der Waals surface area contributed by atoms with Crippen LogP contribution in [0, 0.1) is 5.92 Å². The van der Waals surface area contributed by atoms with Crippen LogP contribution in [-0.4, -0.2) is 29.0 Å². The number of carbonyl (C=O) groups excluding carboxylic acids is 1. The molecular weight excluding hydrogens is 181 g/mol. The Balaban J connectivity index is 4.16. The van der Waals surface area contributed by atoms with Crippen LogP contribution in [0.15, 0.2) is 0 Å². The molecule has 4 nitrogen and oxygen atoms in total. The number of hydrogen-bond donors (Lipinski definition) is 3. The van der Waals surface area contributed by atoms with Crippen LogP contribution >= 0.6 is 0 Å². The zero-order valence-electron chi connectivity index (χ0n) is 9.10. The van der Waals surface area contributed by atoms with E-state index in [0.717, 1.165) is 0 Å². The predicted molar refractivity (Wildman–Crippen MR) is 56.7 cm³/mol. The molecule has 0 saturated carbocycles. The Morgan fingerprint density at radius 1 is 1.36 bits per heavy atom. The van der Waals surface area contributed by atoms with E-state index in [4.69, 9.17) is 15.8 Å². The first-order valence-corrected chi connectivity index (χ1v) is 4.99. The molecule has 5 heteroatoms. The largest absolute Gasteiger partial charge is 0.455 e. The minimum atomic E-state index is -1.43. The summed E-state index contributed by atoms with van der Waals surface area (Å²) < 4.78 is 0. The van der Waals surface area contributed by atoms with E-state index >= 15 is 0 Å². The SMILES string of the molecule is CC(C)C[C@H](CC(=O)[C@H](C)N)B(O)O. The highest BCUT2D eigenvalue weighted by Gasteiger charge is 2.27. The summed E-state index contributed by atoms with van der Waals surface area (Å²) in [4.78, 5) is 11.3. The van der Waals surface area contributed by atoms with Gasteiger partial charge in [0.05, 0.1) is 6.04 Å². The van der Waals surface area contributed by atoms with Crippen molar-refractivity contribution in [1.82, 2.24) is 0 Å². The smallest absolute Gasteiger partial charge is 0.427 e. The summed E-state index contributed by atoms with van der Waals surface area (Å²) in [6.07, 6.45) is 0.768. The highest BCUT2D eigenvalue weighted by atomic mass is 16.4. The fourth-order valence-electron chi connectivity index (χ4n) is 1.36. The topological polar surface area (TPSA) is 83.6 Å². The maximum atomic E-state index is 11.3. The van der Waals surface area contributed by atoms with Crippen molar-refractivity contribution in [2.45, 2.75) is 45.5 Å². The molecule has 0 aromatic rings. The fraction of sp³-hybridized carbons (Fsp3) is 0.889. The Kier molecular flexibility index (Phi) is 6.00. The van der Waals surface area contributed by atoms with Crippen molar-refractivity contribution in [2.24, 2.45) is 11.7 Å². The second-order valence-electron chi connectivity index (χ2n) is 4.26. The minimum Gasteiger partial charge on any atom is -0.427 e. The van der Waals surface area contributed by atoms with E-state index in [9.17, 15) is 4.79 Å². The van der Waals surface area contributed by atoms with E-state index in [-0.39, 0.29) is 12.2 Å². The van der Waals surface area contributed by atoms with Gasteiger partial charge in [-0.05, 0) is 19.3 Å². The van der Waals surface area contributed by atoms with Crippen molar-refractivity contribution < 1.29 is 14.8 Å². The molecule has 0 aromatic carbocycles. The predicted octanol–water partition coefficient (Wildman–Crippen LogP) is 0.182. The molecule has 0 aliphatic heterocycles. The van der Waals surface area contributed by atoms with Crippen LogP contribution in [0.5, 0.6) is 0 Å². The average Bonchev–Trinajstić information content (AvgIpc) is 2.01. The average molecular weight is 201 g/mol. The van der Waals surface area contributed by atoms with Crippen molar-refractivity contribution in [2.75, 3.05) is 0 Å². The van der Waals surface area contributed by atoms with Gasteiger partial charge in [-0.2, -0.15) is 0 Å². The van der Waals surface area contributed by atoms with Gasteiger partial charge in [-0.25, -0.2) is 0 Å². The van der Waals surface area contributed by atoms with Gasteiger partial charge in [-0.15, -0.1) is 0 Å². The van der Waals surface area contributed by atoms with Crippen molar-refractivity contribution >= 4 is 12.9 Å². The van der Waals surface area contributed by atoms with Gasteiger partial charge in [0.1, 0.15) is 5.78 Å². The maximum Gasteiger partial charge on any atom is 0.455 e. The number of Topliss-reactive ketones (excluding diaryl/α,β-unsaturated/α-hetero) is 1. The second-order valence-corrected chi connectivity index (χ2v) is 4.26. The molecule has 0 amide bonds. The summed E-state index contributed by atoms with van der Waals surface area (Å²) >= 11 is 0. The second kappa shape index (κ2) is 6.16. The zero-order chi connectivity index (χ0) is 11.3. The van der Waals surface area contributed by atoms with Crippen LogP contribution in [0.3, 0.4) is 0 Å². The maximum absolute atomic E-state index is 11.3. The Bertz CT molecular complexity index is 183. The lowest BCUT2D eigenvalue weighted by Gasteiger charge is -2.17. The lowest BCUT2D eigenvalue weighted by Crippen LogP contribution is -2.31. The first-order valence-electron chi connectivity index (χ1n) is 4.99. The highest BCUT2D eigenvalue weighted by Crippen LogP contribution is 2.23. The monoisotopic (exact) mass is 201 g/mol. The summed E-state index contributed by atoms with van der Waals surface area (Å²) in [5, 5.41) is 18.1. The van der Waals surface area contributed by atoms with E-state index < -0.39 is 19.0 Å². The van der Waals surface area contributed by atoms with Gasteiger partial charge in [0.25, 0.3) is 0 Å². The van der Waals surface area contributed by atoms with E-state index in [0.29, 0.717) is 12.3 Å². The number of ketones is 1. The molecule has 0 aliphatic carbocycles. The van der Waals surface area contributed by atoms with Gasteiger partial charge in [-0.1, -0.05) is 13.8 Å². The van der Waals surface area contributed by atoms with Gasteiger partial charge in [-0.3, -0.25) is 4.79 Å². The summed E-state index contributed by atoms with van der Waals surface area (Å²) in [7, 11) is -1.43. The molecule has 0 aliphatic rings. The number of rotatable bonds is 6. The molecule has 0 radical (unpaired) electrons. The Morgan fingerprint density at radius 2 is 1.86 bits per heavy atom. The summed E-state index contributed by atoms with van der Waals surface area (Å²) in [6, 6.07) is -0.525. The summed E-state index contributed by atoms with van der Waals surface area (Å²) in [5.41, 5.74) is 5.40. The third-order valence-corrected chi connectivity index (χ3v) is 2.17. The molecule has 0 spiro atoms. The molecular formula is C9H20BNO3. The summed E-state index contributed by atoms with van der Waals surface area (Å²) in [5.74, 6) is -0.181. The van der Waals surface area contributed by atoms with Crippen LogP contribution in [0.1, 0.15) is 33.6 Å². The lowest BCUT2D eigenvalue weighted by molar-refractivity contribution is -0.120. The standard InChI is InChI=1S/C9H20BNO3/c1-6(2)4-8(10(13)14)5-9(12)7(3)11/h6-8,13-14H,4-5,11H2,1-3H3/t7-,8+/m0/s1. The molecule has 0 unspecified atom stereocenters. The van der Waals surface area contributed by atoms with Crippen molar-refractivity contribution in [3.63, 3.8) is 0 Å². The molecule has 0 heterocycles. The van der Waals surface area contributed by atoms with E-state index in [2.05, 4.69) is 0 Å². The van der Waals surface area contributed by atoms with Gasteiger partial charge >= 0.3 is 7.12 Å². The Morgan fingerprint density at radius 3 is 2.14 bits per heavy atom. The van der Waals surface area contributed by atoms with Crippen LogP contribution in [-0.2, 0) is 4.79 Å². The molecule has 4 N–H and O–H groups in total. The third-order valence-electron chi connectivity index (χ3n) is 2.17. The van der Waals surface area contributed by atoms with Gasteiger partial charge in [0.15, 0.2) is 0 Å². The van der Waals surface area contributed by atoms with Crippen LogP contribution in [0.25, 0.3) is 0 Å². The molecule has 0 fully saturated rings. The molecule has 0 saturated heterocycles. The van der Waals surface area contributed by atoms with Crippen molar-refractivity contribution in [3.05, 3.63) is 0 Å². The number of hydrogen-bond acceptors (Lipinski definition) is 4. The molecule has 2 atom stereocenters. The normalized spacial score (nSPS) is 15.4. The van der Waals surface area contributed by atoms with E-state index in [1.165, 1.54) is 0 Å². The quantitative estimate of drug-likeness (QED) is 0.535. The van der Waals surface area contributed by atoms with Gasteiger partial charge in [0, 0.05) is 12.2 Å². The Hall–Kier alpha value is -0.385. The third kappa shape index (κ3) is 5.37. The van der Waals surface area contributed by atoms with Crippen LogP contribution < -0.4 is 5.73 Å². The zero-order valence-corrected chi connectivity index (χ0v) is 9.10. The summed E-state index contributed by atoms with van der Waals surface area (Å²) in [6.45, 7) is 5.57. The molecule has 14 heavy (non-hydrogen) atoms. The Labute approximate surface area is 85.6 Å². The van der Waals surface area contributed by atoms with Crippen LogP contribution in [0.2, 0.25) is 5.82 Å². The lowest BCUT2D eigenvalue weighted by atomic mass is 9.66. The number of nitrogens with two attached hydrogens (primary N) is 1. The first-order chi connectivity index (χ1) is 6.34. The van der Waals surface area contributed by atoms with Crippen LogP contribution in [0.4, 0.5) is 0 Å². The molecule has 0 bridgehead atoms. The van der Waals surface area contributed by atoms with Gasteiger partial charge < -0.3 is 15.8 Å².